The number of hydrogen-bond donors (Lipinski definition) is 1. The summed E-state index contributed by atoms with van der Waals surface area (Å²) in [6.45, 7) is 10.4. The molecule has 0 aliphatic carbocycles. The van der Waals surface area contributed by atoms with Crippen LogP contribution in [0.15, 0.2) is 60.7 Å². The predicted molar refractivity (Wildman–Crippen MR) is 127 cm³/mol. The molecule has 1 heterocycles. The molecule has 1 atom stereocenters. The first kappa shape index (κ1) is 21.5. The van der Waals surface area contributed by atoms with Crippen molar-refractivity contribution < 1.29 is 9.47 Å². The van der Waals surface area contributed by atoms with E-state index in [4.69, 9.17) is 9.47 Å². The predicted octanol–water partition coefficient (Wildman–Crippen LogP) is 6.12. The van der Waals surface area contributed by atoms with E-state index in [1.165, 1.54) is 33.4 Å². The summed E-state index contributed by atoms with van der Waals surface area (Å²) >= 11 is 0. The summed E-state index contributed by atoms with van der Waals surface area (Å²) in [4.78, 5) is 0. The highest BCUT2D eigenvalue weighted by Crippen LogP contribution is 2.39. The molecule has 1 aliphatic rings. The van der Waals surface area contributed by atoms with E-state index in [2.05, 4.69) is 75.5 Å². The van der Waals surface area contributed by atoms with Gasteiger partial charge in [0.1, 0.15) is 18.1 Å². The first-order valence-electron chi connectivity index (χ1n) is 11.1. The van der Waals surface area contributed by atoms with Gasteiger partial charge in [-0.25, -0.2) is 0 Å². The number of fused-ring (bicyclic) bond motifs is 1. The quantitative estimate of drug-likeness (QED) is 0.545. The molecule has 0 spiro atoms. The van der Waals surface area contributed by atoms with Crippen molar-refractivity contribution in [3.63, 3.8) is 0 Å². The Hall–Kier alpha value is -2.78. The van der Waals surface area contributed by atoms with Crippen LogP contribution in [0.1, 0.15) is 60.2 Å². The van der Waals surface area contributed by atoms with Gasteiger partial charge in [-0.3, -0.25) is 0 Å². The zero-order valence-electron chi connectivity index (χ0n) is 19.3. The van der Waals surface area contributed by atoms with Gasteiger partial charge in [-0.05, 0) is 76.4 Å². The van der Waals surface area contributed by atoms with Crippen LogP contribution in [0, 0.1) is 6.92 Å². The van der Waals surface area contributed by atoms with E-state index in [1.54, 1.807) is 7.11 Å². The summed E-state index contributed by atoms with van der Waals surface area (Å²) in [5, 5.41) is 3.74. The highest BCUT2D eigenvalue weighted by Gasteiger charge is 2.27. The van der Waals surface area contributed by atoms with Crippen LogP contribution >= 0.6 is 0 Å². The minimum absolute atomic E-state index is 0.0143. The maximum absolute atomic E-state index is 6.08. The summed E-state index contributed by atoms with van der Waals surface area (Å²) in [6, 6.07) is 21.6. The molecule has 0 fully saturated rings. The maximum Gasteiger partial charge on any atom is 0.122 e. The van der Waals surface area contributed by atoms with Crippen LogP contribution in [0.5, 0.6) is 11.5 Å². The minimum atomic E-state index is 0.0143. The number of benzene rings is 3. The Morgan fingerprint density at radius 2 is 1.74 bits per heavy atom. The van der Waals surface area contributed by atoms with Crippen molar-refractivity contribution >= 4 is 0 Å². The maximum atomic E-state index is 6.08. The first-order valence-corrected chi connectivity index (χ1v) is 11.1. The number of aryl methyl sites for hydroxylation is 1. The van der Waals surface area contributed by atoms with Gasteiger partial charge in [-0.2, -0.15) is 0 Å². The van der Waals surface area contributed by atoms with E-state index in [9.17, 15) is 0 Å². The molecule has 1 unspecified atom stereocenters. The second-order valence-corrected chi connectivity index (χ2v) is 9.43. The highest BCUT2D eigenvalue weighted by atomic mass is 16.5. The molecule has 3 aromatic carbocycles. The zero-order chi connectivity index (χ0) is 22.0. The molecule has 162 valence electrons. The van der Waals surface area contributed by atoms with Crippen LogP contribution in [-0.4, -0.2) is 13.7 Å². The van der Waals surface area contributed by atoms with Gasteiger partial charge in [0, 0.05) is 6.54 Å². The summed E-state index contributed by atoms with van der Waals surface area (Å²) in [7, 11) is 1.76. The van der Waals surface area contributed by atoms with Gasteiger partial charge < -0.3 is 14.8 Å². The monoisotopic (exact) mass is 415 g/mol. The topological polar surface area (TPSA) is 30.5 Å². The van der Waals surface area contributed by atoms with E-state index >= 15 is 0 Å². The van der Waals surface area contributed by atoms with E-state index in [0.717, 1.165) is 24.5 Å². The minimum Gasteiger partial charge on any atom is -0.496 e. The molecule has 0 bridgehead atoms. The van der Waals surface area contributed by atoms with Crippen LogP contribution in [0.2, 0.25) is 0 Å². The standard InChI is InChI=1S/C28H33NO2/c1-19-15-26(30-5)25(28(2,3)4)17-24(19)27-23-12-11-22(16-21(23)13-14-29-27)31-18-20-9-7-6-8-10-20/h6-12,15-17,27,29H,13-14,18H2,1-5H3. The molecule has 3 heteroatoms. The smallest absolute Gasteiger partial charge is 0.122 e. The van der Waals surface area contributed by atoms with Gasteiger partial charge in [0.15, 0.2) is 0 Å². The van der Waals surface area contributed by atoms with Gasteiger partial charge in [0.05, 0.1) is 13.2 Å². The number of ether oxygens (including phenoxy) is 2. The molecule has 31 heavy (non-hydrogen) atoms. The summed E-state index contributed by atoms with van der Waals surface area (Å²) in [5.41, 5.74) is 7.72. The largest absolute Gasteiger partial charge is 0.496 e. The van der Waals surface area contributed by atoms with Crippen molar-refractivity contribution in [1.82, 2.24) is 5.32 Å². The van der Waals surface area contributed by atoms with Crippen LogP contribution in [0.4, 0.5) is 0 Å². The van der Waals surface area contributed by atoms with Gasteiger partial charge in [-0.1, -0.05) is 57.2 Å². The SMILES string of the molecule is COc1cc(C)c(C2NCCc3cc(OCc4ccccc4)ccc32)cc1C(C)(C)C. The summed E-state index contributed by atoms with van der Waals surface area (Å²) in [5.74, 6) is 1.90. The molecule has 3 aromatic rings. The lowest BCUT2D eigenvalue weighted by Crippen LogP contribution is -2.31. The second kappa shape index (κ2) is 8.76. The third-order valence-corrected chi connectivity index (χ3v) is 6.12. The average molecular weight is 416 g/mol. The van der Waals surface area contributed by atoms with Gasteiger partial charge in [0.2, 0.25) is 0 Å². The van der Waals surface area contributed by atoms with Crippen LogP contribution in [-0.2, 0) is 18.4 Å². The average Bonchev–Trinajstić information content (AvgIpc) is 2.77. The summed E-state index contributed by atoms with van der Waals surface area (Å²) in [6.07, 6.45) is 1.01. The van der Waals surface area contributed by atoms with Crippen LogP contribution < -0.4 is 14.8 Å². The van der Waals surface area contributed by atoms with E-state index in [-0.39, 0.29) is 11.5 Å². The van der Waals surface area contributed by atoms with Crippen molar-refractivity contribution in [2.45, 2.75) is 52.2 Å². The van der Waals surface area contributed by atoms with Crippen LogP contribution in [0.25, 0.3) is 0 Å². The molecular weight excluding hydrogens is 382 g/mol. The Morgan fingerprint density at radius 3 is 2.45 bits per heavy atom. The van der Waals surface area contributed by atoms with Crippen molar-refractivity contribution in [2.75, 3.05) is 13.7 Å². The van der Waals surface area contributed by atoms with Crippen molar-refractivity contribution in [3.8, 4) is 11.5 Å². The Bertz CT molecular complexity index is 1050. The molecule has 0 saturated heterocycles. The fraction of sp³-hybridized carbons (Fsp3) is 0.357. The lowest BCUT2D eigenvalue weighted by atomic mass is 9.81. The number of rotatable bonds is 5. The van der Waals surface area contributed by atoms with E-state index in [1.807, 2.05) is 18.2 Å². The molecule has 0 aromatic heterocycles. The molecule has 1 aliphatic heterocycles. The highest BCUT2D eigenvalue weighted by molar-refractivity contribution is 5.51. The van der Waals surface area contributed by atoms with E-state index in [0.29, 0.717) is 6.61 Å². The second-order valence-electron chi connectivity index (χ2n) is 9.43. The van der Waals surface area contributed by atoms with Gasteiger partial charge in [-0.15, -0.1) is 0 Å². The van der Waals surface area contributed by atoms with E-state index < -0.39 is 0 Å². The fourth-order valence-electron chi connectivity index (χ4n) is 4.41. The first-order chi connectivity index (χ1) is 14.9. The Morgan fingerprint density at radius 1 is 0.968 bits per heavy atom. The fourth-order valence-corrected chi connectivity index (χ4v) is 4.41. The van der Waals surface area contributed by atoms with Gasteiger partial charge in [0.25, 0.3) is 0 Å². The third-order valence-electron chi connectivity index (χ3n) is 6.12. The lowest BCUT2D eigenvalue weighted by molar-refractivity contribution is 0.305. The molecule has 4 rings (SSSR count). The van der Waals surface area contributed by atoms with Crippen molar-refractivity contribution in [1.29, 1.82) is 0 Å². The zero-order valence-corrected chi connectivity index (χ0v) is 19.3. The van der Waals surface area contributed by atoms with Crippen molar-refractivity contribution in [2.24, 2.45) is 0 Å². The molecule has 0 saturated carbocycles. The molecule has 1 N–H and O–H groups in total. The number of hydrogen-bond acceptors (Lipinski definition) is 3. The molecule has 3 nitrogen and oxygen atoms in total. The summed E-state index contributed by atoms with van der Waals surface area (Å²) < 4.78 is 11.8. The van der Waals surface area contributed by atoms with Crippen LogP contribution in [0.3, 0.4) is 0 Å². The number of methoxy groups -OCH3 is 1. The molecule has 0 radical (unpaired) electrons. The Balaban J connectivity index is 1.64. The Labute approximate surface area is 186 Å². The van der Waals surface area contributed by atoms with Crippen molar-refractivity contribution in [3.05, 3.63) is 94.0 Å². The van der Waals surface area contributed by atoms with Gasteiger partial charge >= 0.3 is 0 Å². The normalized spacial score (nSPS) is 16.0. The molecular formula is C28H33NO2. The number of nitrogens with one attached hydrogen (secondary N) is 1. The Kier molecular flexibility index (Phi) is 6.06. The lowest BCUT2D eigenvalue weighted by Gasteiger charge is -2.31. The molecule has 0 amide bonds. The third kappa shape index (κ3) is 4.62.